The lowest BCUT2D eigenvalue weighted by atomic mass is 9.83. The van der Waals surface area contributed by atoms with Gasteiger partial charge in [0.2, 0.25) is 11.6 Å². The Morgan fingerprint density at radius 2 is 1.79 bits per heavy atom. The topological polar surface area (TPSA) is 63.6 Å². The van der Waals surface area contributed by atoms with Crippen LogP contribution in [0.4, 0.5) is 0 Å². The summed E-state index contributed by atoms with van der Waals surface area (Å²) in [6.07, 6.45) is 0.975. The van der Waals surface area contributed by atoms with Gasteiger partial charge < -0.3 is 9.84 Å². The number of rotatable bonds is 1. The van der Waals surface area contributed by atoms with Gasteiger partial charge in [-0.2, -0.15) is 0 Å². The van der Waals surface area contributed by atoms with E-state index in [2.05, 4.69) is 0 Å². The summed E-state index contributed by atoms with van der Waals surface area (Å²) in [6, 6.07) is 12.9. The fraction of sp³-hybridized carbons (Fsp3) is 0.200. The van der Waals surface area contributed by atoms with Crippen molar-refractivity contribution in [2.75, 3.05) is 0 Å². The number of carbonyl (C=O) groups is 2. The van der Waals surface area contributed by atoms with Crippen LogP contribution in [0.5, 0.6) is 5.75 Å². The Kier molecular flexibility index (Phi) is 3.27. The van der Waals surface area contributed by atoms with Gasteiger partial charge in [-0.25, -0.2) is 0 Å². The normalized spacial score (nSPS) is 19.6. The first kappa shape index (κ1) is 14.7. The zero-order valence-corrected chi connectivity index (χ0v) is 13.2. The summed E-state index contributed by atoms with van der Waals surface area (Å²) in [6.45, 7) is 2.02. The number of allylic oxidation sites excluding steroid dienone is 1. The summed E-state index contributed by atoms with van der Waals surface area (Å²) in [5.41, 5.74) is 3.18. The molecule has 1 atom stereocenters. The van der Waals surface area contributed by atoms with Crippen LogP contribution in [0.2, 0.25) is 0 Å². The van der Waals surface area contributed by atoms with Crippen molar-refractivity contribution in [2.24, 2.45) is 0 Å². The van der Waals surface area contributed by atoms with E-state index in [0.717, 1.165) is 5.56 Å². The highest BCUT2D eigenvalue weighted by Crippen LogP contribution is 2.43. The molecule has 0 radical (unpaired) electrons. The molecule has 1 N–H and O–H groups in total. The van der Waals surface area contributed by atoms with Gasteiger partial charge in [0, 0.05) is 11.1 Å². The van der Waals surface area contributed by atoms with Gasteiger partial charge >= 0.3 is 0 Å². The summed E-state index contributed by atoms with van der Waals surface area (Å²) in [7, 11) is 0. The number of benzene rings is 2. The van der Waals surface area contributed by atoms with Crippen molar-refractivity contribution in [3.63, 3.8) is 0 Å². The Labute approximate surface area is 139 Å². The van der Waals surface area contributed by atoms with Crippen molar-refractivity contribution in [1.82, 2.24) is 0 Å². The lowest BCUT2D eigenvalue weighted by Gasteiger charge is -2.31. The van der Waals surface area contributed by atoms with Crippen LogP contribution in [0.1, 0.15) is 46.0 Å². The minimum absolute atomic E-state index is 0.0470. The maximum atomic E-state index is 12.4. The fourth-order valence-corrected chi connectivity index (χ4v) is 3.34. The summed E-state index contributed by atoms with van der Waals surface area (Å²) in [5, 5.41) is 10.00. The maximum Gasteiger partial charge on any atom is 0.237 e. The molecule has 1 aliphatic heterocycles. The molecular formula is C20H16O4. The summed E-state index contributed by atoms with van der Waals surface area (Å²) in [5.74, 6) is -0.971. The second-order valence-corrected chi connectivity index (χ2v) is 6.22. The van der Waals surface area contributed by atoms with Crippen molar-refractivity contribution >= 4 is 17.3 Å². The second kappa shape index (κ2) is 5.34. The third-order valence-corrected chi connectivity index (χ3v) is 4.63. The molecule has 120 valence electrons. The molecule has 0 fully saturated rings. The molecular weight excluding hydrogens is 304 g/mol. The lowest BCUT2D eigenvalue weighted by molar-refractivity contribution is -0.112. The summed E-state index contributed by atoms with van der Waals surface area (Å²) in [4.78, 5) is 24.6. The molecule has 1 aliphatic carbocycles. The molecule has 2 aliphatic rings. The Hall–Kier alpha value is -2.88. The van der Waals surface area contributed by atoms with Crippen LogP contribution < -0.4 is 0 Å². The molecule has 4 rings (SSSR count). The fourth-order valence-electron chi connectivity index (χ4n) is 3.34. The minimum atomic E-state index is -0.653. The highest BCUT2D eigenvalue weighted by molar-refractivity contribution is 6.52. The van der Waals surface area contributed by atoms with E-state index >= 15 is 0 Å². The Morgan fingerprint density at radius 3 is 2.54 bits per heavy atom. The number of aromatic hydroxyl groups is 1. The first-order chi connectivity index (χ1) is 11.6. The average molecular weight is 320 g/mol. The SMILES string of the molecule is Cc1ccc(C2CCC3=C(O2)c2cccc(O)c2C(=O)C3=O)cc1. The molecule has 24 heavy (non-hydrogen) atoms. The van der Waals surface area contributed by atoms with E-state index in [4.69, 9.17) is 4.74 Å². The third-order valence-electron chi connectivity index (χ3n) is 4.63. The quantitative estimate of drug-likeness (QED) is 0.813. The molecule has 0 bridgehead atoms. The first-order valence-electron chi connectivity index (χ1n) is 7.94. The van der Waals surface area contributed by atoms with Gasteiger partial charge in [0.05, 0.1) is 5.56 Å². The van der Waals surface area contributed by atoms with E-state index in [1.807, 2.05) is 31.2 Å². The molecule has 2 aromatic carbocycles. The molecule has 1 heterocycles. The number of ketones is 2. The van der Waals surface area contributed by atoms with Gasteiger partial charge in [-0.05, 0) is 31.4 Å². The maximum absolute atomic E-state index is 12.4. The van der Waals surface area contributed by atoms with Crippen LogP contribution in [0.3, 0.4) is 0 Å². The van der Waals surface area contributed by atoms with Crippen molar-refractivity contribution < 1.29 is 19.4 Å². The van der Waals surface area contributed by atoms with Gasteiger partial charge in [0.15, 0.2) is 0 Å². The molecule has 1 unspecified atom stereocenters. The number of ether oxygens (including phenoxy) is 1. The minimum Gasteiger partial charge on any atom is -0.507 e. The van der Waals surface area contributed by atoms with Gasteiger partial charge in [0.1, 0.15) is 17.6 Å². The largest absolute Gasteiger partial charge is 0.507 e. The highest BCUT2D eigenvalue weighted by atomic mass is 16.5. The smallest absolute Gasteiger partial charge is 0.237 e. The van der Waals surface area contributed by atoms with Crippen LogP contribution in [0.15, 0.2) is 48.0 Å². The monoisotopic (exact) mass is 320 g/mol. The molecule has 4 nitrogen and oxygen atoms in total. The number of Topliss-reactive ketones (excluding diaryl/α,β-unsaturated/α-hetero) is 2. The number of carbonyl (C=O) groups excluding carboxylic acids is 2. The van der Waals surface area contributed by atoms with Gasteiger partial charge in [-0.1, -0.05) is 42.0 Å². The number of phenolic OH excluding ortho intramolecular Hbond substituents is 1. The van der Waals surface area contributed by atoms with Crippen LogP contribution in [0, 0.1) is 6.92 Å². The molecule has 0 saturated heterocycles. The molecule has 0 spiro atoms. The van der Waals surface area contributed by atoms with Gasteiger partial charge in [-0.15, -0.1) is 0 Å². The predicted molar refractivity (Wildman–Crippen MR) is 88.6 cm³/mol. The third kappa shape index (κ3) is 2.14. The molecule has 2 aromatic rings. The van der Waals surface area contributed by atoms with E-state index in [9.17, 15) is 14.7 Å². The Morgan fingerprint density at radius 1 is 1.04 bits per heavy atom. The number of hydrogen-bond donors (Lipinski definition) is 1. The van der Waals surface area contributed by atoms with Crippen molar-refractivity contribution in [1.29, 1.82) is 0 Å². The molecule has 0 saturated carbocycles. The zero-order valence-electron chi connectivity index (χ0n) is 13.2. The Balaban J connectivity index is 1.79. The molecule has 0 amide bonds. The summed E-state index contributed by atoms with van der Waals surface area (Å²) >= 11 is 0. The summed E-state index contributed by atoms with van der Waals surface area (Å²) < 4.78 is 6.11. The standard InChI is InChI=1S/C20H16O4/c1-11-5-7-12(8-6-11)16-10-9-14-18(22)19(23)17-13(20(14)24-16)3-2-4-15(17)21/h2-8,16,21H,9-10H2,1H3. The van der Waals surface area contributed by atoms with Crippen molar-refractivity contribution in [3.8, 4) is 5.75 Å². The molecule has 4 heteroatoms. The number of phenols is 1. The van der Waals surface area contributed by atoms with Crippen LogP contribution in [-0.4, -0.2) is 16.7 Å². The lowest BCUT2D eigenvalue weighted by Crippen LogP contribution is -2.28. The van der Waals surface area contributed by atoms with E-state index in [1.165, 1.54) is 11.6 Å². The Bertz CT molecular complexity index is 890. The average Bonchev–Trinajstić information content (AvgIpc) is 2.60. The van der Waals surface area contributed by atoms with Crippen LogP contribution in [-0.2, 0) is 9.53 Å². The zero-order chi connectivity index (χ0) is 16.8. The van der Waals surface area contributed by atoms with Gasteiger partial charge in [-0.3, -0.25) is 9.59 Å². The number of aryl methyl sites for hydroxylation is 1. The van der Waals surface area contributed by atoms with Crippen molar-refractivity contribution in [2.45, 2.75) is 25.9 Å². The number of fused-ring (bicyclic) bond motifs is 2. The first-order valence-corrected chi connectivity index (χ1v) is 7.94. The van der Waals surface area contributed by atoms with Crippen molar-refractivity contribution in [3.05, 3.63) is 70.3 Å². The second-order valence-electron chi connectivity index (χ2n) is 6.22. The van der Waals surface area contributed by atoms with E-state index in [0.29, 0.717) is 29.7 Å². The van der Waals surface area contributed by atoms with E-state index < -0.39 is 11.6 Å². The molecule has 0 aromatic heterocycles. The van der Waals surface area contributed by atoms with Gasteiger partial charge in [0.25, 0.3) is 0 Å². The van der Waals surface area contributed by atoms with E-state index in [1.54, 1.807) is 12.1 Å². The number of hydrogen-bond acceptors (Lipinski definition) is 4. The highest BCUT2D eigenvalue weighted by Gasteiger charge is 2.39. The van der Waals surface area contributed by atoms with E-state index in [-0.39, 0.29) is 17.4 Å². The predicted octanol–water partition coefficient (Wildman–Crippen LogP) is 3.73. The van der Waals surface area contributed by atoms with Crippen LogP contribution in [0.25, 0.3) is 5.76 Å². The van der Waals surface area contributed by atoms with Crippen LogP contribution >= 0.6 is 0 Å².